The molecule has 3 aromatic rings. The van der Waals surface area contributed by atoms with E-state index >= 15 is 0 Å². The molecule has 5 heteroatoms. The minimum atomic E-state index is -0.142. The van der Waals surface area contributed by atoms with E-state index in [1.807, 2.05) is 68.6 Å². The molecule has 0 fully saturated rings. The molecule has 1 heterocycles. The van der Waals surface area contributed by atoms with E-state index in [0.29, 0.717) is 11.3 Å². The standard InChI is InChI=1S/C23H24N2O2S/c1-4-21(26)25-19-11-9-17(10-12-19)16(3)24-23(27)22-20(13-14-28-22)18-7-5-15(2)6-8-18/h5-14,16H,4H2,1-3H3,(H,24,27)(H,25,26). The fourth-order valence-corrected chi connectivity index (χ4v) is 3.71. The van der Waals surface area contributed by atoms with Crippen molar-refractivity contribution in [1.29, 1.82) is 0 Å². The highest BCUT2D eigenvalue weighted by Crippen LogP contribution is 2.29. The fourth-order valence-electron chi connectivity index (χ4n) is 2.90. The number of benzene rings is 2. The zero-order valence-electron chi connectivity index (χ0n) is 16.3. The van der Waals surface area contributed by atoms with E-state index < -0.39 is 0 Å². The second-order valence-corrected chi connectivity index (χ2v) is 7.66. The molecular weight excluding hydrogens is 368 g/mol. The Balaban J connectivity index is 1.70. The summed E-state index contributed by atoms with van der Waals surface area (Å²) in [6.07, 6.45) is 0.443. The third kappa shape index (κ3) is 4.67. The first-order valence-corrected chi connectivity index (χ1v) is 10.2. The van der Waals surface area contributed by atoms with Crippen LogP contribution in [0.5, 0.6) is 0 Å². The topological polar surface area (TPSA) is 58.2 Å². The minimum Gasteiger partial charge on any atom is -0.345 e. The van der Waals surface area contributed by atoms with Crippen LogP contribution in [0.15, 0.2) is 60.0 Å². The summed E-state index contributed by atoms with van der Waals surface area (Å²) in [5, 5.41) is 7.85. The van der Waals surface area contributed by atoms with Gasteiger partial charge >= 0.3 is 0 Å². The Morgan fingerprint density at radius 3 is 2.32 bits per heavy atom. The van der Waals surface area contributed by atoms with Crippen molar-refractivity contribution in [2.24, 2.45) is 0 Å². The molecule has 1 atom stereocenters. The highest BCUT2D eigenvalue weighted by atomic mass is 32.1. The quantitative estimate of drug-likeness (QED) is 0.577. The number of amides is 2. The van der Waals surface area contributed by atoms with Crippen LogP contribution in [0.4, 0.5) is 5.69 Å². The van der Waals surface area contributed by atoms with Gasteiger partial charge in [0.05, 0.1) is 10.9 Å². The lowest BCUT2D eigenvalue weighted by molar-refractivity contribution is -0.115. The average molecular weight is 393 g/mol. The van der Waals surface area contributed by atoms with Gasteiger partial charge < -0.3 is 10.6 Å². The van der Waals surface area contributed by atoms with E-state index in [1.54, 1.807) is 0 Å². The zero-order valence-corrected chi connectivity index (χ0v) is 17.1. The molecule has 4 nitrogen and oxygen atoms in total. The van der Waals surface area contributed by atoms with Crippen LogP contribution in [0.2, 0.25) is 0 Å². The van der Waals surface area contributed by atoms with Crippen molar-refractivity contribution in [2.45, 2.75) is 33.2 Å². The third-order valence-electron chi connectivity index (χ3n) is 4.60. The summed E-state index contributed by atoms with van der Waals surface area (Å²) in [5.74, 6) is -0.100. The molecule has 1 aromatic heterocycles. The van der Waals surface area contributed by atoms with Crippen LogP contribution < -0.4 is 10.6 Å². The molecule has 0 saturated heterocycles. The summed E-state index contributed by atoms with van der Waals surface area (Å²) in [6, 6.07) is 17.6. The zero-order chi connectivity index (χ0) is 20.1. The van der Waals surface area contributed by atoms with Gasteiger partial charge in [-0.05, 0) is 48.6 Å². The number of hydrogen-bond acceptors (Lipinski definition) is 3. The molecule has 1 unspecified atom stereocenters. The van der Waals surface area contributed by atoms with Gasteiger partial charge in [0.2, 0.25) is 5.91 Å². The second-order valence-electron chi connectivity index (χ2n) is 6.75. The van der Waals surface area contributed by atoms with Crippen LogP contribution in [0, 0.1) is 6.92 Å². The first-order chi connectivity index (χ1) is 13.5. The fraction of sp³-hybridized carbons (Fsp3) is 0.217. The van der Waals surface area contributed by atoms with E-state index in [-0.39, 0.29) is 17.9 Å². The van der Waals surface area contributed by atoms with Gasteiger partial charge in [-0.1, -0.05) is 48.9 Å². The van der Waals surface area contributed by atoms with Gasteiger partial charge in [0.15, 0.2) is 0 Å². The molecule has 0 bridgehead atoms. The molecule has 144 valence electrons. The molecule has 28 heavy (non-hydrogen) atoms. The molecule has 2 N–H and O–H groups in total. The number of aryl methyl sites for hydroxylation is 1. The Morgan fingerprint density at radius 1 is 1.00 bits per heavy atom. The van der Waals surface area contributed by atoms with Crippen molar-refractivity contribution in [1.82, 2.24) is 5.32 Å². The van der Waals surface area contributed by atoms with E-state index in [2.05, 4.69) is 22.8 Å². The lowest BCUT2D eigenvalue weighted by atomic mass is 10.0. The number of rotatable bonds is 6. The molecule has 0 aliphatic carbocycles. The van der Waals surface area contributed by atoms with Crippen LogP contribution in [0.3, 0.4) is 0 Å². The van der Waals surface area contributed by atoms with Crippen molar-refractivity contribution >= 4 is 28.8 Å². The Kier molecular flexibility index (Phi) is 6.26. The molecule has 0 aliphatic rings. The summed E-state index contributed by atoms with van der Waals surface area (Å²) < 4.78 is 0. The predicted molar refractivity (Wildman–Crippen MR) is 116 cm³/mol. The van der Waals surface area contributed by atoms with Crippen molar-refractivity contribution in [3.63, 3.8) is 0 Å². The van der Waals surface area contributed by atoms with Gasteiger partial charge in [-0.2, -0.15) is 0 Å². The van der Waals surface area contributed by atoms with Gasteiger partial charge in [0.25, 0.3) is 5.91 Å². The largest absolute Gasteiger partial charge is 0.345 e. The van der Waals surface area contributed by atoms with Gasteiger partial charge in [-0.15, -0.1) is 11.3 Å². The highest BCUT2D eigenvalue weighted by Gasteiger charge is 2.17. The number of thiophene rings is 1. The Morgan fingerprint density at radius 2 is 1.68 bits per heavy atom. The number of carbonyl (C=O) groups is 2. The predicted octanol–water partition coefficient (Wildman–Crippen LogP) is 5.56. The molecule has 2 amide bonds. The lowest BCUT2D eigenvalue weighted by Gasteiger charge is -2.15. The Bertz CT molecular complexity index is 959. The molecule has 2 aromatic carbocycles. The van der Waals surface area contributed by atoms with Gasteiger partial charge in [-0.25, -0.2) is 0 Å². The maximum atomic E-state index is 12.8. The number of anilines is 1. The van der Waals surface area contributed by atoms with Crippen molar-refractivity contribution < 1.29 is 9.59 Å². The summed E-state index contributed by atoms with van der Waals surface area (Å²) in [6.45, 7) is 5.82. The molecule has 0 aliphatic heterocycles. The van der Waals surface area contributed by atoms with E-state index in [4.69, 9.17) is 0 Å². The summed E-state index contributed by atoms with van der Waals surface area (Å²) in [7, 11) is 0. The first kappa shape index (κ1) is 19.8. The molecule has 0 radical (unpaired) electrons. The van der Waals surface area contributed by atoms with Crippen molar-refractivity contribution in [3.05, 3.63) is 76.0 Å². The lowest BCUT2D eigenvalue weighted by Crippen LogP contribution is -2.26. The van der Waals surface area contributed by atoms with Crippen LogP contribution in [0.25, 0.3) is 11.1 Å². The average Bonchev–Trinajstić information content (AvgIpc) is 3.19. The van der Waals surface area contributed by atoms with Gasteiger partial charge in [-0.3, -0.25) is 9.59 Å². The third-order valence-corrected chi connectivity index (χ3v) is 5.51. The van der Waals surface area contributed by atoms with E-state index in [0.717, 1.165) is 22.4 Å². The van der Waals surface area contributed by atoms with Gasteiger partial charge in [0, 0.05) is 17.7 Å². The van der Waals surface area contributed by atoms with Crippen LogP contribution in [-0.2, 0) is 4.79 Å². The molecular formula is C23H24N2O2S. The van der Waals surface area contributed by atoms with Crippen LogP contribution in [-0.4, -0.2) is 11.8 Å². The Hall–Kier alpha value is -2.92. The second kappa shape index (κ2) is 8.85. The van der Waals surface area contributed by atoms with Gasteiger partial charge in [0.1, 0.15) is 0 Å². The summed E-state index contributed by atoms with van der Waals surface area (Å²) >= 11 is 1.45. The van der Waals surface area contributed by atoms with Crippen LogP contribution >= 0.6 is 11.3 Å². The van der Waals surface area contributed by atoms with Crippen molar-refractivity contribution in [2.75, 3.05) is 5.32 Å². The smallest absolute Gasteiger partial charge is 0.262 e. The minimum absolute atomic E-state index is 0.0181. The molecule has 0 spiro atoms. The number of carbonyl (C=O) groups excluding carboxylic acids is 2. The summed E-state index contributed by atoms with van der Waals surface area (Å²) in [5.41, 5.74) is 4.93. The molecule has 3 rings (SSSR count). The van der Waals surface area contributed by atoms with Crippen molar-refractivity contribution in [3.8, 4) is 11.1 Å². The molecule has 0 saturated carbocycles. The normalized spacial score (nSPS) is 11.7. The maximum absolute atomic E-state index is 12.8. The maximum Gasteiger partial charge on any atom is 0.262 e. The van der Waals surface area contributed by atoms with E-state index in [1.165, 1.54) is 16.9 Å². The SMILES string of the molecule is CCC(=O)Nc1ccc(C(C)NC(=O)c2sccc2-c2ccc(C)cc2)cc1. The number of nitrogens with one attached hydrogen (secondary N) is 2. The van der Waals surface area contributed by atoms with E-state index in [9.17, 15) is 9.59 Å². The highest BCUT2D eigenvalue weighted by molar-refractivity contribution is 7.12. The first-order valence-electron chi connectivity index (χ1n) is 9.33. The number of hydrogen-bond donors (Lipinski definition) is 2. The monoisotopic (exact) mass is 392 g/mol. The summed E-state index contributed by atoms with van der Waals surface area (Å²) in [4.78, 5) is 25.0. The van der Waals surface area contributed by atoms with Crippen LogP contribution in [0.1, 0.15) is 47.1 Å². The Labute approximate surface area is 169 Å².